The van der Waals surface area contributed by atoms with Crippen molar-refractivity contribution < 1.29 is 18.3 Å². The molecule has 0 saturated carbocycles. The summed E-state index contributed by atoms with van der Waals surface area (Å²) in [7, 11) is 1.62. The molecule has 1 fully saturated rings. The topological polar surface area (TPSA) is 70.8 Å². The molecule has 0 aliphatic carbocycles. The summed E-state index contributed by atoms with van der Waals surface area (Å²) in [5.41, 5.74) is 2.30. The third-order valence-corrected chi connectivity index (χ3v) is 5.46. The van der Waals surface area contributed by atoms with Gasteiger partial charge in [-0.3, -0.25) is 0 Å². The Morgan fingerprint density at radius 1 is 1.19 bits per heavy atom. The van der Waals surface area contributed by atoms with Crippen LogP contribution in [0.25, 0.3) is 11.3 Å². The molecule has 1 aromatic heterocycles. The van der Waals surface area contributed by atoms with E-state index in [0.717, 1.165) is 11.3 Å². The van der Waals surface area contributed by atoms with Crippen LogP contribution in [0.15, 0.2) is 47.0 Å². The number of methoxy groups -OCH3 is 1. The number of hydrogen-bond acceptors (Lipinski definition) is 5. The van der Waals surface area contributed by atoms with E-state index >= 15 is 0 Å². The minimum absolute atomic E-state index is 0.0273. The lowest BCUT2D eigenvalue weighted by Crippen LogP contribution is -2.50. The van der Waals surface area contributed by atoms with Crippen LogP contribution in [0.5, 0.6) is 5.75 Å². The van der Waals surface area contributed by atoms with Crippen LogP contribution in [-0.2, 0) is 0 Å². The lowest BCUT2D eigenvalue weighted by Gasteiger charge is -2.36. The van der Waals surface area contributed by atoms with Gasteiger partial charge in [0, 0.05) is 50.5 Å². The molecule has 4 rings (SSSR count). The number of aromatic nitrogens is 1. The van der Waals surface area contributed by atoms with Crippen LogP contribution in [0, 0.1) is 12.7 Å². The van der Waals surface area contributed by atoms with Crippen molar-refractivity contribution in [3.63, 3.8) is 0 Å². The van der Waals surface area contributed by atoms with Crippen molar-refractivity contribution in [1.82, 2.24) is 9.88 Å². The Hall–Kier alpha value is -3.26. The minimum Gasteiger partial charge on any atom is -0.496 e. The summed E-state index contributed by atoms with van der Waals surface area (Å²) in [6, 6.07) is 9.79. The van der Waals surface area contributed by atoms with E-state index in [9.17, 15) is 9.18 Å². The molecule has 1 aliphatic heterocycles. The van der Waals surface area contributed by atoms with Crippen molar-refractivity contribution in [3.05, 3.63) is 59.3 Å². The summed E-state index contributed by atoms with van der Waals surface area (Å²) in [5, 5.41) is 2.73. The molecular formula is C22H22ClFN4O3. The van der Waals surface area contributed by atoms with Crippen molar-refractivity contribution in [2.45, 2.75) is 6.92 Å². The second kappa shape index (κ2) is 8.85. The predicted molar refractivity (Wildman–Crippen MR) is 117 cm³/mol. The number of piperazine rings is 1. The number of halogens is 2. The lowest BCUT2D eigenvalue weighted by molar-refractivity contribution is 0.208. The molecule has 0 spiro atoms. The number of nitrogens with zero attached hydrogens (tertiary/aromatic N) is 3. The van der Waals surface area contributed by atoms with Gasteiger partial charge in [0.05, 0.1) is 23.9 Å². The molecule has 1 saturated heterocycles. The third kappa shape index (κ3) is 4.59. The van der Waals surface area contributed by atoms with Gasteiger partial charge in [-0.1, -0.05) is 11.6 Å². The maximum absolute atomic E-state index is 13.3. The summed E-state index contributed by atoms with van der Waals surface area (Å²) in [6.07, 6.45) is 1.68. The van der Waals surface area contributed by atoms with Gasteiger partial charge in [0.15, 0.2) is 11.7 Å². The van der Waals surface area contributed by atoms with Gasteiger partial charge in [-0.15, -0.1) is 0 Å². The highest BCUT2D eigenvalue weighted by Gasteiger charge is 2.22. The number of benzene rings is 2. The second-order valence-electron chi connectivity index (χ2n) is 7.16. The zero-order valence-corrected chi connectivity index (χ0v) is 17.9. The molecule has 1 aliphatic rings. The molecule has 162 valence electrons. The molecule has 0 unspecified atom stereocenters. The largest absolute Gasteiger partial charge is 0.496 e. The zero-order valence-electron chi connectivity index (χ0n) is 17.2. The number of oxazole rings is 1. The normalized spacial score (nSPS) is 13.9. The Morgan fingerprint density at radius 3 is 2.61 bits per heavy atom. The number of urea groups is 1. The van der Waals surface area contributed by atoms with Crippen LogP contribution in [0.2, 0.25) is 5.02 Å². The monoisotopic (exact) mass is 444 g/mol. The Balaban J connectivity index is 1.40. The fourth-order valence-electron chi connectivity index (χ4n) is 3.51. The molecule has 9 heteroatoms. The average molecular weight is 445 g/mol. The Kier molecular flexibility index (Phi) is 5.99. The van der Waals surface area contributed by atoms with Crippen molar-refractivity contribution in [1.29, 1.82) is 0 Å². The van der Waals surface area contributed by atoms with Crippen LogP contribution in [0.4, 0.5) is 20.6 Å². The second-order valence-corrected chi connectivity index (χ2v) is 7.57. The molecule has 0 atom stereocenters. The van der Waals surface area contributed by atoms with Gasteiger partial charge < -0.3 is 24.3 Å². The Labute approximate surface area is 184 Å². The minimum atomic E-state index is -0.520. The molecule has 1 N–H and O–H groups in total. The smallest absolute Gasteiger partial charge is 0.321 e. The van der Waals surface area contributed by atoms with E-state index in [-0.39, 0.29) is 11.1 Å². The fourth-order valence-corrected chi connectivity index (χ4v) is 3.69. The summed E-state index contributed by atoms with van der Waals surface area (Å²) in [4.78, 5) is 20.6. The standard InChI is InChI=1S/C22H22ClFN4O3/c1-14-25-13-21(31-14)17-5-4-16(12-20(17)30-2)27-7-9-28(10-8-27)22(29)26-15-3-6-19(24)18(23)11-15/h3-6,11-13H,7-10H2,1-2H3,(H,26,29). The van der Waals surface area contributed by atoms with Gasteiger partial charge in [0.1, 0.15) is 11.6 Å². The van der Waals surface area contributed by atoms with Crippen LogP contribution in [-0.4, -0.2) is 49.2 Å². The fraction of sp³-hybridized carbons (Fsp3) is 0.273. The number of aryl methyl sites for hydroxylation is 1. The molecule has 3 aromatic rings. The molecular weight excluding hydrogens is 423 g/mol. The van der Waals surface area contributed by atoms with Crippen molar-refractivity contribution in [2.24, 2.45) is 0 Å². The van der Waals surface area contributed by atoms with E-state index in [2.05, 4.69) is 15.2 Å². The Morgan fingerprint density at radius 2 is 1.97 bits per heavy atom. The first-order valence-electron chi connectivity index (χ1n) is 9.81. The number of amides is 2. The first kappa shape index (κ1) is 21.0. The zero-order chi connectivity index (χ0) is 22.0. The van der Waals surface area contributed by atoms with E-state index in [1.165, 1.54) is 18.2 Å². The predicted octanol–water partition coefficient (Wildman–Crippen LogP) is 4.81. The number of hydrogen-bond donors (Lipinski definition) is 1. The molecule has 2 aromatic carbocycles. The quantitative estimate of drug-likeness (QED) is 0.625. The van der Waals surface area contributed by atoms with E-state index in [4.69, 9.17) is 20.8 Å². The van der Waals surface area contributed by atoms with Crippen LogP contribution < -0.4 is 15.0 Å². The third-order valence-electron chi connectivity index (χ3n) is 5.17. The number of carbonyl (C=O) groups excluding carboxylic acids is 1. The molecule has 31 heavy (non-hydrogen) atoms. The average Bonchev–Trinajstić information content (AvgIpc) is 3.22. The Bertz CT molecular complexity index is 1100. The maximum atomic E-state index is 13.3. The number of nitrogens with one attached hydrogen (secondary N) is 1. The van der Waals surface area contributed by atoms with E-state index in [0.29, 0.717) is 49.3 Å². The van der Waals surface area contributed by atoms with Gasteiger partial charge >= 0.3 is 6.03 Å². The van der Waals surface area contributed by atoms with Crippen molar-refractivity contribution >= 4 is 29.0 Å². The highest BCUT2D eigenvalue weighted by Crippen LogP contribution is 2.34. The van der Waals surface area contributed by atoms with Crippen LogP contribution in [0.3, 0.4) is 0 Å². The van der Waals surface area contributed by atoms with E-state index in [1.54, 1.807) is 25.1 Å². The molecule has 2 heterocycles. The van der Waals surface area contributed by atoms with Gasteiger partial charge in [0.25, 0.3) is 0 Å². The molecule has 0 bridgehead atoms. The maximum Gasteiger partial charge on any atom is 0.321 e. The van der Waals surface area contributed by atoms with Crippen molar-refractivity contribution in [3.8, 4) is 17.1 Å². The highest BCUT2D eigenvalue weighted by atomic mass is 35.5. The highest BCUT2D eigenvalue weighted by molar-refractivity contribution is 6.31. The molecule has 7 nitrogen and oxygen atoms in total. The van der Waals surface area contributed by atoms with Gasteiger partial charge in [0.2, 0.25) is 0 Å². The number of carbonyl (C=O) groups is 1. The van der Waals surface area contributed by atoms with Gasteiger partial charge in [-0.25, -0.2) is 14.2 Å². The van der Waals surface area contributed by atoms with E-state index in [1.807, 2.05) is 18.2 Å². The first-order chi connectivity index (χ1) is 14.9. The SMILES string of the molecule is COc1cc(N2CCN(C(=O)Nc3ccc(F)c(Cl)c3)CC2)ccc1-c1cnc(C)o1. The summed E-state index contributed by atoms with van der Waals surface area (Å²) < 4.78 is 24.5. The number of anilines is 2. The molecule has 2 amide bonds. The first-order valence-corrected chi connectivity index (χ1v) is 10.2. The lowest BCUT2D eigenvalue weighted by atomic mass is 10.1. The van der Waals surface area contributed by atoms with Gasteiger partial charge in [-0.05, 0) is 30.3 Å². The summed E-state index contributed by atoms with van der Waals surface area (Å²) in [5.74, 6) is 1.43. The van der Waals surface area contributed by atoms with Crippen molar-refractivity contribution in [2.75, 3.05) is 43.5 Å². The summed E-state index contributed by atoms with van der Waals surface area (Å²) in [6.45, 7) is 4.23. The number of rotatable bonds is 4. The molecule has 0 radical (unpaired) electrons. The van der Waals surface area contributed by atoms with E-state index < -0.39 is 5.82 Å². The van der Waals surface area contributed by atoms with Gasteiger partial charge in [-0.2, -0.15) is 0 Å². The van der Waals surface area contributed by atoms with Crippen LogP contribution in [0.1, 0.15) is 5.89 Å². The summed E-state index contributed by atoms with van der Waals surface area (Å²) >= 11 is 5.78. The number of ether oxygens (including phenoxy) is 1. The van der Waals surface area contributed by atoms with Crippen LogP contribution >= 0.6 is 11.6 Å².